The Morgan fingerprint density at radius 1 is 1.10 bits per heavy atom. The summed E-state index contributed by atoms with van der Waals surface area (Å²) >= 11 is 5.10. The van der Waals surface area contributed by atoms with Crippen molar-refractivity contribution in [2.45, 2.75) is 31.4 Å². The number of carbonyl (C=O) groups is 1. The molecule has 0 heterocycles. The molecule has 8 heteroatoms. The largest absolute Gasteiger partial charge is 0.351 e. The third kappa shape index (κ3) is 6.57. The van der Waals surface area contributed by atoms with E-state index < -0.39 is 10.0 Å². The number of carbonyl (C=O) groups excluding carboxylic acids is 1. The summed E-state index contributed by atoms with van der Waals surface area (Å²) in [7, 11) is -3.61. The summed E-state index contributed by atoms with van der Waals surface area (Å²) < 4.78 is 27.4. The van der Waals surface area contributed by atoms with Crippen LogP contribution in [-0.4, -0.2) is 44.0 Å². The van der Waals surface area contributed by atoms with Crippen LogP contribution in [0.2, 0.25) is 0 Å². The van der Waals surface area contributed by atoms with Gasteiger partial charge < -0.3 is 5.32 Å². The lowest BCUT2D eigenvalue weighted by atomic mass is 10.2. The lowest BCUT2D eigenvalue weighted by molar-refractivity contribution is 0.0955. The topological polar surface area (TPSA) is 66.5 Å². The Morgan fingerprint density at radius 3 is 2.38 bits per heavy atom. The number of amides is 1. The van der Waals surface area contributed by atoms with Crippen LogP contribution in [0.15, 0.2) is 51.8 Å². The zero-order valence-corrected chi connectivity index (χ0v) is 20.2. The first-order chi connectivity index (χ1) is 13.8. The molecule has 0 bridgehead atoms. The maximum Gasteiger partial charge on any atom is 0.252 e. The van der Waals surface area contributed by atoms with Crippen LogP contribution in [0.5, 0.6) is 0 Å². The molecule has 0 aliphatic carbocycles. The number of rotatable bonds is 10. The van der Waals surface area contributed by atoms with Gasteiger partial charge in [-0.15, -0.1) is 0 Å². The molecular weight excluding hydrogens is 472 g/mol. The summed E-state index contributed by atoms with van der Waals surface area (Å²) in [5.41, 5.74) is 2.81. The normalized spacial score (nSPS) is 11.6. The predicted octanol–water partition coefficient (Wildman–Crippen LogP) is 4.45. The number of thioether (sulfide) groups is 1. The first kappa shape index (κ1) is 23.9. The van der Waals surface area contributed by atoms with Crippen LogP contribution in [0, 0.1) is 6.92 Å². The van der Waals surface area contributed by atoms with E-state index >= 15 is 0 Å². The minimum atomic E-state index is -3.61. The van der Waals surface area contributed by atoms with Crippen molar-refractivity contribution in [3.05, 3.63) is 63.6 Å². The van der Waals surface area contributed by atoms with Gasteiger partial charge in [0.05, 0.1) is 10.5 Å². The van der Waals surface area contributed by atoms with Crippen molar-refractivity contribution in [1.82, 2.24) is 9.62 Å². The molecule has 0 fully saturated rings. The zero-order valence-electron chi connectivity index (χ0n) is 16.9. The lowest BCUT2D eigenvalue weighted by Crippen LogP contribution is -2.31. The van der Waals surface area contributed by atoms with E-state index in [0.717, 1.165) is 11.5 Å². The van der Waals surface area contributed by atoms with Gasteiger partial charge in [0.25, 0.3) is 5.91 Å². The van der Waals surface area contributed by atoms with Gasteiger partial charge in [0.2, 0.25) is 10.0 Å². The highest BCUT2D eigenvalue weighted by Crippen LogP contribution is 2.23. The number of nitrogens with one attached hydrogen (secondary N) is 1. The number of benzene rings is 2. The quantitative estimate of drug-likeness (QED) is 0.491. The van der Waals surface area contributed by atoms with Gasteiger partial charge in [0.15, 0.2) is 0 Å². The molecule has 5 nitrogen and oxygen atoms in total. The summed E-state index contributed by atoms with van der Waals surface area (Å²) in [5, 5.41) is 2.87. The van der Waals surface area contributed by atoms with Gasteiger partial charge in [0, 0.05) is 35.6 Å². The zero-order chi connectivity index (χ0) is 21.4. The molecule has 0 saturated heterocycles. The molecule has 1 amide bonds. The average molecular weight is 499 g/mol. The highest BCUT2D eigenvalue weighted by molar-refractivity contribution is 9.10. The third-order valence-electron chi connectivity index (χ3n) is 4.45. The minimum absolute atomic E-state index is 0.128. The Hall–Kier alpha value is -1.35. The number of hydrogen-bond donors (Lipinski definition) is 1. The van der Waals surface area contributed by atoms with E-state index in [1.165, 1.54) is 27.6 Å². The van der Waals surface area contributed by atoms with Crippen LogP contribution >= 0.6 is 27.7 Å². The summed E-state index contributed by atoms with van der Waals surface area (Å²) in [4.78, 5) is 12.7. The molecule has 0 radical (unpaired) electrons. The van der Waals surface area contributed by atoms with Gasteiger partial charge in [-0.25, -0.2) is 8.42 Å². The first-order valence-corrected chi connectivity index (χ1v) is 12.9. The molecule has 158 valence electrons. The van der Waals surface area contributed by atoms with Crippen molar-refractivity contribution in [1.29, 1.82) is 0 Å². The van der Waals surface area contributed by atoms with Crippen LogP contribution in [0.1, 0.15) is 35.3 Å². The maximum absolute atomic E-state index is 12.7. The minimum Gasteiger partial charge on any atom is -0.351 e. The van der Waals surface area contributed by atoms with Gasteiger partial charge in [0.1, 0.15) is 0 Å². The van der Waals surface area contributed by atoms with Crippen LogP contribution in [0.4, 0.5) is 0 Å². The van der Waals surface area contributed by atoms with Crippen LogP contribution in [0.25, 0.3) is 0 Å². The van der Waals surface area contributed by atoms with Crippen molar-refractivity contribution in [3.63, 3.8) is 0 Å². The van der Waals surface area contributed by atoms with Gasteiger partial charge in [-0.2, -0.15) is 16.1 Å². The lowest BCUT2D eigenvalue weighted by Gasteiger charge is -2.19. The van der Waals surface area contributed by atoms with E-state index in [1.54, 1.807) is 31.7 Å². The molecule has 2 aromatic rings. The Kier molecular flexibility index (Phi) is 9.20. The Bertz CT molecular complexity index is 927. The number of sulfonamides is 1. The molecule has 2 rings (SSSR count). The van der Waals surface area contributed by atoms with E-state index in [1.807, 2.05) is 0 Å². The predicted molar refractivity (Wildman–Crippen MR) is 124 cm³/mol. The molecular formula is C21H27BrN2O3S2. The standard InChI is InChI=1S/C21H27BrN2O3S2/c1-4-24(5-2)29(26,27)18-10-11-20(22)19(14-18)21(25)23-12-13-28-15-17-8-6-16(3)7-9-17/h6-11,14H,4-5,12-13,15H2,1-3H3,(H,23,25). The summed E-state index contributed by atoms with van der Waals surface area (Å²) in [5.74, 6) is 1.37. The number of nitrogens with zero attached hydrogens (tertiary/aromatic N) is 1. The second-order valence-corrected chi connectivity index (χ2v) is 10.4. The summed E-state index contributed by atoms with van der Waals surface area (Å²) in [6.45, 7) is 6.93. The van der Waals surface area contributed by atoms with Crippen LogP contribution in [0.3, 0.4) is 0 Å². The van der Waals surface area contributed by atoms with Gasteiger partial charge >= 0.3 is 0 Å². The summed E-state index contributed by atoms with van der Waals surface area (Å²) in [6, 6.07) is 13.0. The SMILES string of the molecule is CCN(CC)S(=O)(=O)c1ccc(Br)c(C(=O)NCCSCc2ccc(C)cc2)c1. The molecule has 0 aromatic heterocycles. The third-order valence-corrected chi connectivity index (χ3v) is 8.21. The van der Waals surface area contributed by atoms with Crippen LogP contribution < -0.4 is 5.32 Å². The smallest absolute Gasteiger partial charge is 0.252 e. The highest BCUT2D eigenvalue weighted by atomic mass is 79.9. The average Bonchev–Trinajstić information content (AvgIpc) is 2.70. The Labute approximate surface area is 186 Å². The number of hydrogen-bond acceptors (Lipinski definition) is 4. The monoisotopic (exact) mass is 498 g/mol. The van der Waals surface area contributed by atoms with E-state index in [4.69, 9.17) is 0 Å². The Balaban J connectivity index is 1.95. The fourth-order valence-corrected chi connectivity index (χ4v) is 5.49. The second-order valence-electron chi connectivity index (χ2n) is 6.53. The van der Waals surface area contributed by atoms with Crippen molar-refractivity contribution in [3.8, 4) is 0 Å². The molecule has 0 unspecified atom stereocenters. The van der Waals surface area contributed by atoms with E-state index in [9.17, 15) is 13.2 Å². The van der Waals surface area contributed by atoms with E-state index in [2.05, 4.69) is 52.4 Å². The van der Waals surface area contributed by atoms with E-state index in [-0.39, 0.29) is 10.8 Å². The molecule has 0 spiro atoms. The molecule has 29 heavy (non-hydrogen) atoms. The highest BCUT2D eigenvalue weighted by Gasteiger charge is 2.23. The Morgan fingerprint density at radius 2 is 1.76 bits per heavy atom. The van der Waals surface area contributed by atoms with Crippen LogP contribution in [-0.2, 0) is 15.8 Å². The fraction of sp³-hybridized carbons (Fsp3) is 0.381. The van der Waals surface area contributed by atoms with E-state index in [0.29, 0.717) is 29.7 Å². The van der Waals surface area contributed by atoms with Gasteiger partial charge in [-0.05, 0) is 46.6 Å². The van der Waals surface area contributed by atoms with Crippen molar-refractivity contribution >= 4 is 43.6 Å². The number of halogens is 1. The maximum atomic E-state index is 12.7. The van der Waals surface area contributed by atoms with Gasteiger partial charge in [-0.1, -0.05) is 43.7 Å². The molecule has 1 N–H and O–H groups in total. The molecule has 0 saturated carbocycles. The number of aryl methyl sites for hydroxylation is 1. The van der Waals surface area contributed by atoms with Crippen molar-refractivity contribution in [2.75, 3.05) is 25.4 Å². The van der Waals surface area contributed by atoms with Crippen molar-refractivity contribution < 1.29 is 13.2 Å². The molecule has 0 aliphatic heterocycles. The summed E-state index contributed by atoms with van der Waals surface area (Å²) in [6.07, 6.45) is 0. The first-order valence-electron chi connectivity index (χ1n) is 9.50. The second kappa shape index (κ2) is 11.2. The van der Waals surface area contributed by atoms with Gasteiger partial charge in [-0.3, -0.25) is 4.79 Å². The van der Waals surface area contributed by atoms with Crippen molar-refractivity contribution in [2.24, 2.45) is 0 Å². The molecule has 0 aliphatic rings. The molecule has 0 atom stereocenters. The fourth-order valence-electron chi connectivity index (χ4n) is 2.76. The molecule has 2 aromatic carbocycles.